The number of ether oxygens (including phenoxy) is 1. The summed E-state index contributed by atoms with van der Waals surface area (Å²) in [6, 6.07) is 0. The molecule has 0 N–H and O–H groups in total. The lowest BCUT2D eigenvalue weighted by Crippen LogP contribution is -2.58. The largest absolute Gasteiger partial charge is 0.451 e. The van der Waals surface area contributed by atoms with Crippen molar-refractivity contribution in [3.05, 3.63) is 12.2 Å². The molecule has 82 valence electrons. The van der Waals surface area contributed by atoms with Crippen LogP contribution < -0.4 is 0 Å². The Balaban J connectivity index is 2.39. The fraction of sp³-hybridized carbons (Fsp3) is 0.667. The lowest BCUT2D eigenvalue weighted by Gasteiger charge is -2.48. The minimum absolute atomic E-state index is 0.0453. The van der Waals surface area contributed by atoms with Crippen molar-refractivity contribution in [1.82, 2.24) is 0 Å². The fourth-order valence-corrected chi connectivity index (χ4v) is 2.77. The lowest BCUT2D eigenvalue weighted by atomic mass is 9.58. The zero-order chi connectivity index (χ0) is 11.3. The van der Waals surface area contributed by atoms with Gasteiger partial charge in [0.2, 0.25) is 0 Å². The first kappa shape index (κ1) is 10.4. The maximum Gasteiger partial charge on any atom is 0.303 e. The molecule has 1 saturated carbocycles. The highest BCUT2D eigenvalue weighted by atomic mass is 16.6. The molecule has 1 fully saturated rings. The second kappa shape index (κ2) is 2.94. The molecule has 0 amide bonds. The number of rotatable bonds is 1. The van der Waals surface area contributed by atoms with Crippen molar-refractivity contribution in [3.8, 4) is 0 Å². The van der Waals surface area contributed by atoms with Crippen molar-refractivity contribution in [2.75, 3.05) is 0 Å². The number of esters is 1. The molecule has 3 rings (SSSR count). The average Bonchev–Trinajstić information content (AvgIpc) is 2.14. The van der Waals surface area contributed by atoms with Crippen LogP contribution in [0.4, 0.5) is 0 Å². The molecule has 3 heteroatoms. The van der Waals surface area contributed by atoms with Gasteiger partial charge in [-0.15, -0.1) is 0 Å². The van der Waals surface area contributed by atoms with E-state index in [4.69, 9.17) is 4.74 Å². The second-order valence-electron chi connectivity index (χ2n) is 4.95. The third-order valence-corrected chi connectivity index (χ3v) is 3.70. The summed E-state index contributed by atoms with van der Waals surface area (Å²) in [4.78, 5) is 23.3. The molecular weight excluding hydrogens is 192 g/mol. The number of ketones is 1. The van der Waals surface area contributed by atoms with Gasteiger partial charge < -0.3 is 4.74 Å². The van der Waals surface area contributed by atoms with Crippen LogP contribution in [0.3, 0.4) is 0 Å². The summed E-state index contributed by atoms with van der Waals surface area (Å²) in [5.41, 5.74) is -1.37. The van der Waals surface area contributed by atoms with Crippen molar-refractivity contribution < 1.29 is 14.3 Å². The number of Topliss-reactive ketones (excluding diaryl/α,β-unsaturated/α-hetero) is 1. The van der Waals surface area contributed by atoms with E-state index in [9.17, 15) is 9.59 Å². The third-order valence-electron chi connectivity index (χ3n) is 3.70. The summed E-state index contributed by atoms with van der Waals surface area (Å²) >= 11 is 0. The van der Waals surface area contributed by atoms with Gasteiger partial charge in [-0.3, -0.25) is 9.59 Å². The highest BCUT2D eigenvalue weighted by molar-refractivity contribution is 5.97. The fourth-order valence-electron chi connectivity index (χ4n) is 2.77. The molecule has 0 aliphatic heterocycles. The van der Waals surface area contributed by atoms with Crippen LogP contribution in [-0.4, -0.2) is 17.4 Å². The molecule has 0 radical (unpaired) electrons. The summed E-state index contributed by atoms with van der Waals surface area (Å²) in [5.74, 6) is -0.282. The number of carbonyl (C=O) groups is 2. The number of carbonyl (C=O) groups excluding carboxylic acids is 2. The Labute approximate surface area is 89.5 Å². The summed E-state index contributed by atoms with van der Waals surface area (Å²) < 4.78 is 5.25. The summed E-state index contributed by atoms with van der Waals surface area (Å²) in [6.45, 7) is 5.01. The predicted molar refractivity (Wildman–Crippen MR) is 55.1 cm³/mol. The van der Waals surface area contributed by atoms with Crippen molar-refractivity contribution >= 4 is 11.8 Å². The predicted octanol–water partition coefficient (Wildman–Crippen LogP) is 1.86. The van der Waals surface area contributed by atoms with E-state index in [2.05, 4.69) is 0 Å². The van der Waals surface area contributed by atoms with Crippen molar-refractivity contribution in [2.24, 2.45) is 11.3 Å². The number of fused-ring (bicyclic) bond motifs is 2. The van der Waals surface area contributed by atoms with Gasteiger partial charge in [0.25, 0.3) is 0 Å². The maximum atomic E-state index is 12.2. The first-order valence-corrected chi connectivity index (χ1v) is 5.32. The van der Waals surface area contributed by atoms with E-state index in [0.29, 0.717) is 0 Å². The van der Waals surface area contributed by atoms with E-state index in [0.717, 1.165) is 12.8 Å². The van der Waals surface area contributed by atoms with Crippen LogP contribution in [0.5, 0.6) is 0 Å². The molecule has 0 aromatic carbocycles. The zero-order valence-corrected chi connectivity index (χ0v) is 9.37. The molecule has 0 unspecified atom stereocenters. The molecule has 0 spiro atoms. The summed E-state index contributed by atoms with van der Waals surface area (Å²) in [5, 5.41) is 0. The van der Waals surface area contributed by atoms with Crippen LogP contribution in [0, 0.1) is 11.3 Å². The maximum absolute atomic E-state index is 12.2. The molecule has 0 aromatic heterocycles. The van der Waals surface area contributed by atoms with E-state index < -0.39 is 11.0 Å². The van der Waals surface area contributed by atoms with E-state index in [1.165, 1.54) is 6.92 Å². The number of hydrogen-bond donors (Lipinski definition) is 0. The van der Waals surface area contributed by atoms with Gasteiger partial charge in [-0.05, 0) is 26.7 Å². The topological polar surface area (TPSA) is 43.4 Å². The minimum atomic E-state index is -0.937. The van der Waals surface area contributed by atoms with Gasteiger partial charge in [0.15, 0.2) is 11.4 Å². The molecule has 2 bridgehead atoms. The molecular formula is C12H16O3. The Kier molecular flexibility index (Phi) is 2.04. The van der Waals surface area contributed by atoms with Crippen LogP contribution >= 0.6 is 0 Å². The van der Waals surface area contributed by atoms with Gasteiger partial charge >= 0.3 is 5.97 Å². The van der Waals surface area contributed by atoms with Crippen LogP contribution in [0.2, 0.25) is 0 Å². The quantitative estimate of drug-likeness (QED) is 0.488. The molecule has 0 saturated heterocycles. The van der Waals surface area contributed by atoms with Crippen molar-refractivity contribution in [1.29, 1.82) is 0 Å². The number of hydrogen-bond acceptors (Lipinski definition) is 3. The van der Waals surface area contributed by atoms with Gasteiger partial charge in [0.05, 0.1) is 0 Å². The highest BCUT2D eigenvalue weighted by Gasteiger charge is 2.56. The van der Waals surface area contributed by atoms with Crippen LogP contribution in [0.15, 0.2) is 12.2 Å². The number of allylic oxidation sites excluding steroid dienone is 1. The molecule has 0 heterocycles. The first-order valence-electron chi connectivity index (χ1n) is 5.32. The van der Waals surface area contributed by atoms with E-state index >= 15 is 0 Å². The minimum Gasteiger partial charge on any atom is -0.451 e. The Morgan fingerprint density at radius 3 is 2.67 bits per heavy atom. The Bertz CT molecular complexity index is 358. The summed E-state index contributed by atoms with van der Waals surface area (Å²) in [6.07, 6.45) is 5.77. The first-order chi connectivity index (χ1) is 6.88. The van der Waals surface area contributed by atoms with Crippen molar-refractivity contribution in [3.63, 3.8) is 0 Å². The molecule has 3 aliphatic carbocycles. The lowest BCUT2D eigenvalue weighted by molar-refractivity contribution is -0.177. The smallest absolute Gasteiger partial charge is 0.303 e. The van der Waals surface area contributed by atoms with Gasteiger partial charge in [-0.1, -0.05) is 12.2 Å². The second-order valence-corrected chi connectivity index (χ2v) is 4.95. The van der Waals surface area contributed by atoms with Gasteiger partial charge in [-0.2, -0.15) is 0 Å². The van der Waals surface area contributed by atoms with E-state index in [1.54, 1.807) is 6.92 Å². The Morgan fingerprint density at radius 1 is 1.53 bits per heavy atom. The molecule has 15 heavy (non-hydrogen) atoms. The van der Waals surface area contributed by atoms with E-state index in [-0.39, 0.29) is 17.7 Å². The zero-order valence-electron chi connectivity index (χ0n) is 9.37. The van der Waals surface area contributed by atoms with Crippen LogP contribution in [0.25, 0.3) is 0 Å². The SMILES string of the molecule is CC(=O)O[C@]1(C)C(=O)[C@]2(C)C=C[C@H]1CC2. The monoisotopic (exact) mass is 208 g/mol. The van der Waals surface area contributed by atoms with Crippen molar-refractivity contribution in [2.45, 2.75) is 39.2 Å². The molecule has 3 aliphatic rings. The van der Waals surface area contributed by atoms with E-state index in [1.807, 2.05) is 19.1 Å². The standard InChI is InChI=1S/C12H16O3/c1-8(13)15-12(3)9-4-6-11(2,7-5-9)10(12)14/h4,6,9H,5,7H2,1-3H3/t9-,11+,12-/m0/s1. The molecule has 0 aromatic rings. The van der Waals surface area contributed by atoms with Gasteiger partial charge in [-0.25, -0.2) is 0 Å². The van der Waals surface area contributed by atoms with Gasteiger partial charge in [0.1, 0.15) is 0 Å². The average molecular weight is 208 g/mol. The highest BCUT2D eigenvalue weighted by Crippen LogP contribution is 2.49. The van der Waals surface area contributed by atoms with Crippen LogP contribution in [-0.2, 0) is 14.3 Å². The normalized spacial score (nSPS) is 43.1. The molecule has 3 nitrogen and oxygen atoms in total. The van der Waals surface area contributed by atoms with Crippen LogP contribution in [0.1, 0.15) is 33.6 Å². The third kappa shape index (κ3) is 1.33. The molecule has 3 atom stereocenters. The Morgan fingerprint density at radius 2 is 2.20 bits per heavy atom. The summed E-state index contributed by atoms with van der Waals surface area (Å²) in [7, 11) is 0. The van der Waals surface area contributed by atoms with Gasteiger partial charge in [0, 0.05) is 18.3 Å². The Hall–Kier alpha value is -1.12.